The fourth-order valence-electron chi connectivity index (χ4n) is 6.56. The number of aromatic amines is 1. The Morgan fingerprint density at radius 1 is 1.05 bits per heavy atom. The molecule has 1 fully saturated rings. The number of carbonyl (C=O) groups is 2. The van der Waals surface area contributed by atoms with Gasteiger partial charge in [0.2, 0.25) is 0 Å². The number of nitrogens with one attached hydrogen (secondary N) is 3. The van der Waals surface area contributed by atoms with E-state index in [9.17, 15) is 9.59 Å². The smallest absolute Gasteiger partial charge is 0.322 e. The van der Waals surface area contributed by atoms with Gasteiger partial charge in [-0.2, -0.15) is 5.10 Å². The van der Waals surface area contributed by atoms with Crippen molar-refractivity contribution in [3.05, 3.63) is 113 Å². The Labute approximate surface area is 256 Å². The molecule has 4 amide bonds. The lowest BCUT2D eigenvalue weighted by atomic mass is 10.00. The highest BCUT2D eigenvalue weighted by atomic mass is 16.2. The summed E-state index contributed by atoms with van der Waals surface area (Å²) < 4.78 is 2.11. The molecule has 3 N–H and O–H groups in total. The van der Waals surface area contributed by atoms with Crippen LogP contribution >= 0.6 is 0 Å². The maximum absolute atomic E-state index is 13.8. The van der Waals surface area contributed by atoms with Crippen LogP contribution in [0.2, 0.25) is 0 Å². The third kappa shape index (κ3) is 5.62. The van der Waals surface area contributed by atoms with Gasteiger partial charge in [-0.1, -0.05) is 54.6 Å². The van der Waals surface area contributed by atoms with Crippen molar-refractivity contribution in [1.29, 1.82) is 0 Å². The minimum Gasteiger partial charge on any atom is -0.329 e. The number of urea groups is 2. The van der Waals surface area contributed by atoms with Gasteiger partial charge in [-0.25, -0.2) is 14.6 Å². The number of nitrogens with zero attached hydrogens (tertiary/aromatic N) is 5. The van der Waals surface area contributed by atoms with E-state index in [-0.39, 0.29) is 24.1 Å². The highest BCUT2D eigenvalue weighted by Gasteiger charge is 2.33. The predicted molar refractivity (Wildman–Crippen MR) is 169 cm³/mol. The second kappa shape index (κ2) is 11.9. The molecule has 224 valence electrons. The third-order valence-electron chi connectivity index (χ3n) is 8.85. The summed E-state index contributed by atoms with van der Waals surface area (Å²) in [6.07, 6.45) is 7.65. The lowest BCUT2D eigenvalue weighted by Crippen LogP contribution is -2.53. The van der Waals surface area contributed by atoms with Crippen LogP contribution in [0.4, 0.5) is 15.3 Å². The van der Waals surface area contributed by atoms with Crippen LogP contribution in [0.25, 0.3) is 10.9 Å². The summed E-state index contributed by atoms with van der Waals surface area (Å²) in [4.78, 5) is 35.2. The first-order valence-corrected chi connectivity index (χ1v) is 15.2. The van der Waals surface area contributed by atoms with E-state index in [0.29, 0.717) is 32.6 Å². The molecule has 2 aliphatic rings. The first-order chi connectivity index (χ1) is 21.5. The Morgan fingerprint density at radius 3 is 2.68 bits per heavy atom. The second-order valence-electron chi connectivity index (χ2n) is 11.8. The maximum Gasteiger partial charge on any atom is 0.322 e. The van der Waals surface area contributed by atoms with Crippen molar-refractivity contribution in [3.8, 4) is 0 Å². The Balaban J connectivity index is 1.08. The van der Waals surface area contributed by atoms with Gasteiger partial charge < -0.3 is 25.0 Å². The molecule has 3 aromatic carbocycles. The molecule has 0 bridgehead atoms. The Hall–Kier alpha value is -5.12. The van der Waals surface area contributed by atoms with E-state index in [4.69, 9.17) is 4.98 Å². The lowest BCUT2D eigenvalue weighted by Gasteiger charge is -2.40. The molecule has 0 aliphatic carbocycles. The predicted octanol–water partition coefficient (Wildman–Crippen LogP) is 5.62. The molecule has 0 saturated carbocycles. The molecule has 44 heavy (non-hydrogen) atoms. The first-order valence-electron chi connectivity index (χ1n) is 15.2. The number of fused-ring (bicyclic) bond motifs is 2. The minimum absolute atomic E-state index is 0.0678. The molecular formula is C34H36N8O2. The quantitative estimate of drug-likeness (QED) is 0.229. The molecule has 10 nitrogen and oxygen atoms in total. The van der Waals surface area contributed by atoms with Crippen LogP contribution < -0.4 is 10.6 Å². The number of rotatable bonds is 7. The van der Waals surface area contributed by atoms with E-state index in [0.717, 1.165) is 51.9 Å². The molecule has 1 atom stereocenters. The maximum atomic E-state index is 13.8. The van der Waals surface area contributed by atoms with Crippen LogP contribution in [0.3, 0.4) is 0 Å². The van der Waals surface area contributed by atoms with E-state index < -0.39 is 0 Å². The van der Waals surface area contributed by atoms with E-state index in [1.807, 2.05) is 58.6 Å². The summed E-state index contributed by atoms with van der Waals surface area (Å²) in [5.41, 5.74) is 6.40. The van der Waals surface area contributed by atoms with Crippen molar-refractivity contribution in [3.63, 3.8) is 0 Å². The molecule has 1 saturated heterocycles. The van der Waals surface area contributed by atoms with Crippen molar-refractivity contribution in [2.75, 3.05) is 18.4 Å². The molecule has 10 heteroatoms. The number of carbonyl (C=O) groups excluding carboxylic acids is 2. The minimum atomic E-state index is -0.341. The zero-order chi connectivity index (χ0) is 30.0. The van der Waals surface area contributed by atoms with Crippen LogP contribution in [0.1, 0.15) is 47.0 Å². The van der Waals surface area contributed by atoms with Gasteiger partial charge in [0.15, 0.2) is 0 Å². The van der Waals surface area contributed by atoms with Crippen LogP contribution in [-0.4, -0.2) is 60.7 Å². The van der Waals surface area contributed by atoms with Crippen LogP contribution in [0.5, 0.6) is 0 Å². The molecule has 5 aromatic rings. The zero-order valence-corrected chi connectivity index (χ0v) is 24.7. The molecule has 0 spiro atoms. The summed E-state index contributed by atoms with van der Waals surface area (Å²) in [5.74, 6) is 0.811. The van der Waals surface area contributed by atoms with Crippen LogP contribution in [0, 0.1) is 6.92 Å². The molecule has 2 aliphatic heterocycles. The number of likely N-dealkylation sites (tertiary alicyclic amines) is 1. The van der Waals surface area contributed by atoms with Gasteiger partial charge >= 0.3 is 12.1 Å². The summed E-state index contributed by atoms with van der Waals surface area (Å²) in [6.45, 7) is 4.47. The largest absolute Gasteiger partial charge is 0.329 e. The Bertz CT molecular complexity index is 1790. The Morgan fingerprint density at radius 2 is 1.84 bits per heavy atom. The second-order valence-corrected chi connectivity index (χ2v) is 11.8. The average molecular weight is 589 g/mol. The highest BCUT2D eigenvalue weighted by molar-refractivity contribution is 5.92. The molecule has 1 unspecified atom stereocenters. The SMILES string of the molecule is Cc1cc(CC(NC(=O)N2CCC(N3Cc4ccccc4NC3=O)CC2)c2nccn2Cc2ccccc2)cc2cn[nH]c12. The fraction of sp³-hybridized carbons (Fsp3) is 0.294. The van der Waals surface area contributed by atoms with E-state index in [1.165, 1.54) is 5.56 Å². The van der Waals surface area contributed by atoms with Gasteiger partial charge in [-0.3, -0.25) is 5.10 Å². The van der Waals surface area contributed by atoms with Gasteiger partial charge in [-0.15, -0.1) is 0 Å². The van der Waals surface area contributed by atoms with Crippen LogP contribution in [0.15, 0.2) is 85.3 Å². The number of hydrogen-bond acceptors (Lipinski definition) is 4. The Kier molecular flexibility index (Phi) is 7.47. The number of amides is 4. The number of aromatic nitrogens is 4. The van der Waals surface area contributed by atoms with E-state index >= 15 is 0 Å². The van der Waals surface area contributed by atoms with Crippen molar-refractivity contribution in [2.45, 2.75) is 51.4 Å². The number of benzene rings is 3. The normalized spacial score (nSPS) is 16.1. The fourth-order valence-corrected chi connectivity index (χ4v) is 6.56. The number of aryl methyl sites for hydroxylation is 1. The summed E-state index contributed by atoms with van der Waals surface area (Å²) in [7, 11) is 0. The summed E-state index contributed by atoms with van der Waals surface area (Å²) >= 11 is 0. The van der Waals surface area contributed by atoms with Gasteiger partial charge in [0.1, 0.15) is 5.82 Å². The van der Waals surface area contributed by atoms with Gasteiger partial charge in [0.25, 0.3) is 0 Å². The van der Waals surface area contributed by atoms with E-state index in [1.54, 1.807) is 6.20 Å². The number of H-pyrrole nitrogens is 1. The van der Waals surface area contributed by atoms with Gasteiger partial charge in [0, 0.05) is 55.7 Å². The van der Waals surface area contributed by atoms with Gasteiger partial charge in [-0.05, 0) is 60.6 Å². The highest BCUT2D eigenvalue weighted by Crippen LogP contribution is 2.28. The number of anilines is 1. The number of hydrogen-bond donors (Lipinski definition) is 3. The lowest BCUT2D eigenvalue weighted by molar-refractivity contribution is 0.127. The molecular weight excluding hydrogens is 552 g/mol. The topological polar surface area (TPSA) is 111 Å². The number of imidazole rings is 1. The van der Waals surface area contributed by atoms with Gasteiger partial charge in [0.05, 0.1) is 17.8 Å². The zero-order valence-electron chi connectivity index (χ0n) is 24.7. The van der Waals surface area contributed by atoms with Crippen molar-refractivity contribution < 1.29 is 9.59 Å². The molecule has 2 aromatic heterocycles. The average Bonchev–Trinajstić information content (AvgIpc) is 3.71. The van der Waals surface area contributed by atoms with Crippen LogP contribution in [-0.2, 0) is 19.5 Å². The van der Waals surface area contributed by atoms with E-state index in [2.05, 4.69) is 62.7 Å². The molecule has 4 heterocycles. The van der Waals surface area contributed by atoms with Crippen molar-refractivity contribution >= 4 is 28.7 Å². The first kappa shape index (κ1) is 27.7. The number of para-hydroxylation sites is 1. The molecule has 0 radical (unpaired) electrons. The summed E-state index contributed by atoms with van der Waals surface area (Å²) in [5, 5.41) is 14.7. The van der Waals surface area contributed by atoms with Crippen molar-refractivity contribution in [1.82, 2.24) is 34.9 Å². The standard InChI is InChI=1S/C34H36N8O2/c1-23-17-25(18-27-20-36-39-31(23)27)19-30(32-35-13-16-41(32)21-24-7-3-2-4-8-24)38-33(43)40-14-11-28(12-15-40)42-22-26-9-5-6-10-29(26)37-34(42)44/h2-10,13,16-18,20,28,30H,11-12,14-15,19,21-22H2,1H3,(H,36,39)(H,37,44)(H,38,43). The van der Waals surface area contributed by atoms with Crippen molar-refractivity contribution in [2.24, 2.45) is 0 Å². The monoisotopic (exact) mass is 588 g/mol. The third-order valence-corrected chi connectivity index (χ3v) is 8.85. The number of piperidine rings is 1. The summed E-state index contributed by atoms with van der Waals surface area (Å²) in [6, 6.07) is 22.0. The molecule has 7 rings (SSSR count).